The van der Waals surface area contributed by atoms with E-state index in [-0.39, 0.29) is 31.0 Å². The molecule has 0 aromatic carbocycles. The van der Waals surface area contributed by atoms with Gasteiger partial charge in [-0.3, -0.25) is 4.79 Å². The summed E-state index contributed by atoms with van der Waals surface area (Å²) >= 11 is 0. The first kappa shape index (κ1) is 34.4. The molecule has 0 radical (unpaired) electrons. The zero-order valence-electron chi connectivity index (χ0n) is 24.1. The van der Waals surface area contributed by atoms with Crippen LogP contribution < -0.4 is 0 Å². The zero-order chi connectivity index (χ0) is 29.0. The van der Waals surface area contributed by atoms with Crippen LogP contribution in [-0.2, 0) is 19.1 Å². The molecule has 7 nitrogen and oxygen atoms in total. The van der Waals surface area contributed by atoms with Crippen LogP contribution in [0.25, 0.3) is 0 Å². The van der Waals surface area contributed by atoms with E-state index in [1.165, 1.54) is 38.7 Å². The second-order valence-electron chi connectivity index (χ2n) is 10.6. The van der Waals surface area contributed by atoms with E-state index < -0.39 is 23.8 Å². The number of ether oxygens (including phenoxy) is 1. The molecule has 0 saturated heterocycles. The molecule has 0 spiro atoms. The van der Waals surface area contributed by atoms with Gasteiger partial charge in [-0.05, 0) is 41.7 Å². The van der Waals surface area contributed by atoms with Crippen LogP contribution in [0.2, 0.25) is 0 Å². The minimum absolute atomic E-state index is 0.0552. The Bertz CT molecular complexity index is 868. The van der Waals surface area contributed by atoms with E-state index in [1.807, 2.05) is 0 Å². The highest BCUT2D eigenvalue weighted by Crippen LogP contribution is 2.47. The molecule has 0 aromatic heterocycles. The van der Waals surface area contributed by atoms with Gasteiger partial charge in [0.2, 0.25) is 0 Å². The van der Waals surface area contributed by atoms with E-state index in [4.69, 9.17) is 9.84 Å². The van der Waals surface area contributed by atoms with Crippen LogP contribution in [0.5, 0.6) is 0 Å². The monoisotopic (exact) mass is 546 g/mol. The van der Waals surface area contributed by atoms with Gasteiger partial charge in [-0.2, -0.15) is 0 Å². The van der Waals surface area contributed by atoms with Gasteiger partial charge >= 0.3 is 17.9 Å². The Morgan fingerprint density at radius 2 is 1.46 bits per heavy atom. The van der Waals surface area contributed by atoms with Gasteiger partial charge in [0.05, 0.1) is 6.61 Å². The van der Waals surface area contributed by atoms with Crippen molar-refractivity contribution in [3.8, 4) is 0 Å². The lowest BCUT2D eigenvalue weighted by Gasteiger charge is -2.43. The lowest BCUT2D eigenvalue weighted by Crippen LogP contribution is -2.37. The van der Waals surface area contributed by atoms with Crippen molar-refractivity contribution >= 4 is 17.9 Å². The van der Waals surface area contributed by atoms with Gasteiger partial charge in [0.15, 0.2) is 0 Å². The smallest absolute Gasteiger partial charge is 0.328 e. The lowest BCUT2D eigenvalue weighted by atomic mass is 9.62. The van der Waals surface area contributed by atoms with Crippen molar-refractivity contribution in [2.45, 2.75) is 97.8 Å². The number of carbonyl (C=O) groups is 3. The highest BCUT2D eigenvalue weighted by Gasteiger charge is 2.40. The molecule has 0 saturated carbocycles. The fourth-order valence-corrected chi connectivity index (χ4v) is 5.72. The molecule has 0 bridgehead atoms. The number of rotatable bonds is 20. The average Bonchev–Trinajstić information content (AvgIpc) is 2.89. The Morgan fingerprint density at radius 3 is 2.00 bits per heavy atom. The normalized spacial score (nSPS) is 21.8. The summed E-state index contributed by atoms with van der Waals surface area (Å²) in [6.45, 7) is 5.51. The average molecular weight is 547 g/mol. The molecular formula is C32H50O7. The van der Waals surface area contributed by atoms with Gasteiger partial charge < -0.3 is 20.1 Å². The van der Waals surface area contributed by atoms with Crippen LogP contribution in [0.1, 0.15) is 97.8 Å². The summed E-state index contributed by atoms with van der Waals surface area (Å²) in [5.74, 6) is -2.89. The summed E-state index contributed by atoms with van der Waals surface area (Å²) in [6.07, 6.45) is 22.3. The van der Waals surface area contributed by atoms with E-state index in [2.05, 4.69) is 19.9 Å². The van der Waals surface area contributed by atoms with E-state index in [1.54, 1.807) is 12.2 Å². The Labute approximate surface area is 234 Å². The third-order valence-electron chi connectivity index (χ3n) is 7.58. The topological polar surface area (TPSA) is 121 Å². The number of esters is 1. The van der Waals surface area contributed by atoms with Crippen molar-refractivity contribution in [2.75, 3.05) is 13.2 Å². The number of aliphatic hydroxyl groups excluding tert-OH is 1. The largest absolute Gasteiger partial charge is 0.478 e. The molecule has 4 atom stereocenters. The quantitative estimate of drug-likeness (QED) is 0.0500. The maximum absolute atomic E-state index is 11.7. The SMILES string of the molecule is CCCCCCC[C@H]1[C@H](/C(=C/C=C/C(=O)O)CO)[C@@H](/C=C/C(=O)O)C(COC(C)=O)=C[C@H]1CCCCCCC. The van der Waals surface area contributed by atoms with E-state index >= 15 is 0 Å². The van der Waals surface area contributed by atoms with Gasteiger partial charge in [-0.25, -0.2) is 9.59 Å². The molecule has 220 valence electrons. The first-order valence-electron chi connectivity index (χ1n) is 14.7. The number of carbonyl (C=O) groups excluding carboxylic acids is 1. The molecular weight excluding hydrogens is 496 g/mol. The standard InChI is InChI=1S/C32H50O7/c1-4-6-8-10-12-15-25-21-27(23-39-24(3)34)29(19-20-31(37)38)32(26(22-33)16-14-18-30(35)36)28(25)17-13-11-9-7-5-2/h14,16,18-21,25,28-29,32-33H,4-13,15,17,22-23H2,1-3H3,(H,35,36)(H,37,38)/b18-14+,20-19+,26-16+/t25-,28-,29+,32+/m1/s1. The first-order chi connectivity index (χ1) is 18.7. The first-order valence-corrected chi connectivity index (χ1v) is 14.7. The van der Waals surface area contributed by atoms with Crippen LogP contribution in [0.15, 0.2) is 47.6 Å². The summed E-state index contributed by atoms with van der Waals surface area (Å²) < 4.78 is 5.40. The third-order valence-corrected chi connectivity index (χ3v) is 7.58. The number of allylic oxidation sites excluding steroid dienone is 4. The highest BCUT2D eigenvalue weighted by atomic mass is 16.5. The van der Waals surface area contributed by atoms with Crippen molar-refractivity contribution in [3.63, 3.8) is 0 Å². The Balaban J connectivity index is 3.56. The molecule has 3 N–H and O–H groups in total. The van der Waals surface area contributed by atoms with Crippen LogP contribution >= 0.6 is 0 Å². The second kappa shape index (κ2) is 20.3. The van der Waals surface area contributed by atoms with E-state index in [9.17, 15) is 24.6 Å². The number of hydrogen-bond acceptors (Lipinski definition) is 5. The lowest BCUT2D eigenvalue weighted by molar-refractivity contribution is -0.140. The minimum Gasteiger partial charge on any atom is -0.478 e. The van der Waals surface area contributed by atoms with Crippen molar-refractivity contribution in [3.05, 3.63) is 47.6 Å². The van der Waals surface area contributed by atoms with Crippen LogP contribution in [0, 0.1) is 23.7 Å². The highest BCUT2D eigenvalue weighted by molar-refractivity contribution is 5.80. The molecule has 0 fully saturated rings. The number of hydrogen-bond donors (Lipinski definition) is 3. The van der Waals surface area contributed by atoms with Gasteiger partial charge in [0, 0.05) is 25.0 Å². The molecule has 1 rings (SSSR count). The minimum atomic E-state index is -1.08. The number of unbranched alkanes of at least 4 members (excludes halogenated alkanes) is 8. The molecule has 0 unspecified atom stereocenters. The molecule has 1 aliphatic rings. The van der Waals surface area contributed by atoms with Gasteiger partial charge in [0.1, 0.15) is 6.61 Å². The van der Waals surface area contributed by atoms with Crippen molar-refractivity contribution in [1.82, 2.24) is 0 Å². The second-order valence-corrected chi connectivity index (χ2v) is 10.6. The van der Waals surface area contributed by atoms with Crippen molar-refractivity contribution in [1.29, 1.82) is 0 Å². The molecule has 0 aromatic rings. The Kier molecular flexibility index (Phi) is 17.9. The van der Waals surface area contributed by atoms with E-state index in [0.29, 0.717) is 5.57 Å². The predicted octanol–water partition coefficient (Wildman–Crippen LogP) is 6.88. The molecule has 0 heterocycles. The summed E-state index contributed by atoms with van der Waals surface area (Å²) in [5.41, 5.74) is 1.49. The predicted molar refractivity (Wildman–Crippen MR) is 154 cm³/mol. The summed E-state index contributed by atoms with van der Waals surface area (Å²) in [6, 6.07) is 0. The van der Waals surface area contributed by atoms with Gasteiger partial charge in [-0.1, -0.05) is 102 Å². The molecule has 0 aliphatic heterocycles. The zero-order valence-corrected chi connectivity index (χ0v) is 24.1. The fourth-order valence-electron chi connectivity index (χ4n) is 5.72. The fraction of sp³-hybridized carbons (Fsp3) is 0.656. The summed E-state index contributed by atoms with van der Waals surface area (Å²) in [4.78, 5) is 34.3. The van der Waals surface area contributed by atoms with Gasteiger partial charge in [0.25, 0.3) is 0 Å². The molecule has 7 heteroatoms. The number of aliphatic carboxylic acids is 2. The Hall–Kier alpha value is -2.67. The van der Waals surface area contributed by atoms with Crippen LogP contribution in [0.4, 0.5) is 0 Å². The molecule has 39 heavy (non-hydrogen) atoms. The molecule has 0 amide bonds. The maximum Gasteiger partial charge on any atom is 0.328 e. The third kappa shape index (κ3) is 13.8. The Morgan fingerprint density at radius 1 is 0.872 bits per heavy atom. The van der Waals surface area contributed by atoms with Crippen molar-refractivity contribution in [2.24, 2.45) is 23.7 Å². The van der Waals surface area contributed by atoms with E-state index in [0.717, 1.165) is 69.1 Å². The summed E-state index contributed by atoms with van der Waals surface area (Å²) in [7, 11) is 0. The van der Waals surface area contributed by atoms with Crippen molar-refractivity contribution < 1.29 is 34.4 Å². The number of carboxylic acid groups (broad SMARTS) is 2. The van der Waals surface area contributed by atoms with Crippen LogP contribution in [0.3, 0.4) is 0 Å². The van der Waals surface area contributed by atoms with Gasteiger partial charge in [-0.15, -0.1) is 0 Å². The summed E-state index contributed by atoms with van der Waals surface area (Å²) in [5, 5.41) is 29.0. The molecule has 1 aliphatic carbocycles. The number of aliphatic hydroxyl groups is 1. The van der Waals surface area contributed by atoms with Crippen LogP contribution in [-0.4, -0.2) is 46.4 Å². The number of carboxylic acids is 2. The maximum atomic E-state index is 11.7.